The molecule has 0 saturated carbocycles. The van der Waals surface area contributed by atoms with Crippen LogP contribution in [-0.2, 0) is 15.3 Å². The highest BCUT2D eigenvalue weighted by Crippen LogP contribution is 2.53. The summed E-state index contributed by atoms with van der Waals surface area (Å²) in [5.74, 6) is -2.74. The van der Waals surface area contributed by atoms with Crippen molar-refractivity contribution in [1.29, 1.82) is 0 Å². The highest BCUT2D eigenvalue weighted by molar-refractivity contribution is 6.19. The zero-order valence-corrected chi connectivity index (χ0v) is 12.4. The quantitative estimate of drug-likeness (QED) is 0.805. The molecule has 3 rings (SSSR count). The smallest absolute Gasteiger partial charge is 0.318 e. The number of ether oxygens (including phenoxy) is 1. The Morgan fingerprint density at radius 1 is 1.32 bits per heavy atom. The second-order valence-corrected chi connectivity index (χ2v) is 5.46. The van der Waals surface area contributed by atoms with Crippen molar-refractivity contribution in [3.8, 4) is 0 Å². The molecule has 0 bridgehead atoms. The number of fused-ring (bicyclic) bond motifs is 3. The molecular weight excluding hydrogens is 286 g/mol. The van der Waals surface area contributed by atoms with E-state index in [2.05, 4.69) is 4.99 Å². The van der Waals surface area contributed by atoms with Gasteiger partial charge < -0.3 is 14.9 Å². The SMILES string of the molecule is CCOC(=O)C1C(CC)=N[C@]2(O)c3ccccc3C(=O)[C@]12O. The van der Waals surface area contributed by atoms with E-state index in [1.807, 2.05) is 0 Å². The molecule has 6 heteroatoms. The average Bonchev–Trinajstić information content (AvgIpc) is 2.84. The Bertz CT molecular complexity index is 698. The molecule has 1 aromatic rings. The molecule has 6 nitrogen and oxygen atoms in total. The molecule has 0 saturated heterocycles. The van der Waals surface area contributed by atoms with Crippen LogP contribution in [0.2, 0.25) is 0 Å². The van der Waals surface area contributed by atoms with Crippen molar-refractivity contribution in [2.75, 3.05) is 6.61 Å². The maximum Gasteiger partial charge on any atom is 0.318 e. The van der Waals surface area contributed by atoms with Crippen molar-refractivity contribution >= 4 is 17.5 Å². The van der Waals surface area contributed by atoms with Crippen LogP contribution >= 0.6 is 0 Å². The first-order valence-electron chi connectivity index (χ1n) is 7.26. The molecular formula is C16H17NO5. The van der Waals surface area contributed by atoms with E-state index in [0.717, 1.165) is 0 Å². The zero-order valence-electron chi connectivity index (χ0n) is 12.4. The van der Waals surface area contributed by atoms with Crippen molar-refractivity contribution in [3.63, 3.8) is 0 Å². The molecule has 1 unspecified atom stereocenters. The lowest BCUT2D eigenvalue weighted by Crippen LogP contribution is -2.56. The number of benzene rings is 1. The van der Waals surface area contributed by atoms with Crippen LogP contribution in [-0.4, -0.2) is 39.9 Å². The molecule has 1 aliphatic heterocycles. The number of rotatable bonds is 3. The van der Waals surface area contributed by atoms with Crippen LogP contribution in [0.1, 0.15) is 36.2 Å². The lowest BCUT2D eigenvalue weighted by atomic mass is 9.79. The fourth-order valence-electron chi connectivity index (χ4n) is 3.36. The van der Waals surface area contributed by atoms with Crippen LogP contribution in [0, 0.1) is 5.92 Å². The molecule has 1 heterocycles. The predicted molar refractivity (Wildman–Crippen MR) is 77.5 cm³/mol. The summed E-state index contributed by atoms with van der Waals surface area (Å²) in [5.41, 5.74) is -3.80. The van der Waals surface area contributed by atoms with Crippen molar-refractivity contribution in [3.05, 3.63) is 35.4 Å². The van der Waals surface area contributed by atoms with E-state index >= 15 is 0 Å². The fraction of sp³-hybridized carbons (Fsp3) is 0.438. The Morgan fingerprint density at radius 2 is 2.00 bits per heavy atom. The van der Waals surface area contributed by atoms with E-state index in [1.165, 1.54) is 12.1 Å². The number of hydrogen-bond donors (Lipinski definition) is 2. The fourth-order valence-corrected chi connectivity index (χ4v) is 3.36. The first-order valence-corrected chi connectivity index (χ1v) is 7.26. The summed E-state index contributed by atoms with van der Waals surface area (Å²) in [4.78, 5) is 29.1. The van der Waals surface area contributed by atoms with Gasteiger partial charge in [-0.05, 0) is 13.3 Å². The summed E-state index contributed by atoms with van der Waals surface area (Å²) < 4.78 is 4.98. The highest BCUT2D eigenvalue weighted by atomic mass is 16.5. The molecule has 0 aromatic heterocycles. The molecule has 2 aliphatic rings. The van der Waals surface area contributed by atoms with Crippen LogP contribution in [0.5, 0.6) is 0 Å². The van der Waals surface area contributed by atoms with E-state index in [1.54, 1.807) is 26.0 Å². The minimum atomic E-state index is -2.34. The Kier molecular flexibility index (Phi) is 3.19. The number of ketones is 1. The Morgan fingerprint density at radius 3 is 2.64 bits per heavy atom. The van der Waals surface area contributed by atoms with Gasteiger partial charge in [0.1, 0.15) is 5.92 Å². The minimum Gasteiger partial charge on any atom is -0.465 e. The average molecular weight is 303 g/mol. The number of carbonyl (C=O) groups excluding carboxylic acids is 2. The zero-order chi connectivity index (χ0) is 16.1. The molecule has 2 N–H and O–H groups in total. The standard InChI is InChI=1S/C16H17NO5/c1-3-11-12(14(19)22-4-2)15(20)13(18)9-7-5-6-8-10(9)16(15,21)17-11/h5-8,12,20-21H,3-4H2,1-2H3/t12?,15-,16+/m1/s1. The predicted octanol–water partition coefficient (Wildman–Crippen LogP) is 0.803. The van der Waals surface area contributed by atoms with Crippen LogP contribution in [0.4, 0.5) is 0 Å². The van der Waals surface area contributed by atoms with Gasteiger partial charge in [-0.25, -0.2) is 0 Å². The third-order valence-corrected chi connectivity index (χ3v) is 4.37. The lowest BCUT2D eigenvalue weighted by Gasteiger charge is -2.31. The van der Waals surface area contributed by atoms with Crippen LogP contribution in [0.25, 0.3) is 0 Å². The summed E-state index contributed by atoms with van der Waals surface area (Å²) in [6, 6.07) is 6.33. The third kappa shape index (κ3) is 1.54. The highest BCUT2D eigenvalue weighted by Gasteiger charge is 2.72. The molecule has 1 aliphatic carbocycles. The van der Waals surface area contributed by atoms with Gasteiger partial charge in [0, 0.05) is 16.8 Å². The number of carbonyl (C=O) groups is 2. The van der Waals surface area contributed by atoms with Gasteiger partial charge in [-0.3, -0.25) is 14.6 Å². The van der Waals surface area contributed by atoms with E-state index < -0.39 is 29.0 Å². The second kappa shape index (κ2) is 4.72. The Balaban J connectivity index is 2.22. The van der Waals surface area contributed by atoms with Gasteiger partial charge in [0.15, 0.2) is 5.60 Å². The monoisotopic (exact) mass is 303 g/mol. The van der Waals surface area contributed by atoms with E-state index in [0.29, 0.717) is 6.42 Å². The number of esters is 1. The number of nitrogens with zero attached hydrogens (tertiary/aromatic N) is 1. The molecule has 3 atom stereocenters. The normalized spacial score (nSPS) is 32.5. The molecule has 22 heavy (non-hydrogen) atoms. The van der Waals surface area contributed by atoms with E-state index in [4.69, 9.17) is 4.74 Å². The van der Waals surface area contributed by atoms with Crippen LogP contribution in [0.15, 0.2) is 29.3 Å². The van der Waals surface area contributed by atoms with Gasteiger partial charge in [-0.1, -0.05) is 31.2 Å². The molecule has 0 fully saturated rings. The summed E-state index contributed by atoms with van der Waals surface area (Å²) in [6.07, 6.45) is 0.323. The molecule has 0 radical (unpaired) electrons. The maximum absolute atomic E-state index is 12.7. The van der Waals surface area contributed by atoms with Gasteiger partial charge >= 0.3 is 5.97 Å². The molecule has 1 aromatic carbocycles. The summed E-state index contributed by atoms with van der Waals surface area (Å²) in [7, 11) is 0. The third-order valence-electron chi connectivity index (χ3n) is 4.37. The largest absolute Gasteiger partial charge is 0.465 e. The Labute approximate surface area is 127 Å². The topological polar surface area (TPSA) is 96.2 Å². The maximum atomic E-state index is 12.7. The second-order valence-electron chi connectivity index (χ2n) is 5.46. The molecule has 0 spiro atoms. The minimum absolute atomic E-state index is 0.113. The summed E-state index contributed by atoms with van der Waals surface area (Å²) >= 11 is 0. The van der Waals surface area contributed by atoms with Gasteiger partial charge in [0.25, 0.3) is 0 Å². The number of aliphatic imine (C=N–C) groups is 1. The molecule has 0 amide bonds. The van der Waals surface area contributed by atoms with Gasteiger partial charge in [0.05, 0.1) is 6.61 Å². The van der Waals surface area contributed by atoms with Crippen molar-refractivity contribution in [2.45, 2.75) is 31.6 Å². The molecule has 116 valence electrons. The first kappa shape index (κ1) is 14.9. The number of aliphatic hydroxyl groups is 2. The number of Topliss-reactive ketones (excluding diaryl/α,β-unsaturated/α-hetero) is 1. The summed E-state index contributed by atoms with van der Waals surface area (Å²) in [5, 5.41) is 22.0. The van der Waals surface area contributed by atoms with E-state index in [9.17, 15) is 19.8 Å². The summed E-state index contributed by atoms with van der Waals surface area (Å²) in [6.45, 7) is 3.49. The van der Waals surface area contributed by atoms with Crippen LogP contribution in [0.3, 0.4) is 0 Å². The van der Waals surface area contributed by atoms with Gasteiger partial charge in [-0.15, -0.1) is 0 Å². The first-order chi connectivity index (χ1) is 10.4. The van der Waals surface area contributed by atoms with Crippen molar-refractivity contribution < 1.29 is 24.5 Å². The Hall–Kier alpha value is -2.05. The van der Waals surface area contributed by atoms with Gasteiger partial charge in [0.2, 0.25) is 11.5 Å². The van der Waals surface area contributed by atoms with Gasteiger partial charge in [-0.2, -0.15) is 0 Å². The van der Waals surface area contributed by atoms with Crippen molar-refractivity contribution in [1.82, 2.24) is 0 Å². The number of hydrogen-bond acceptors (Lipinski definition) is 6. The van der Waals surface area contributed by atoms with Crippen molar-refractivity contribution in [2.24, 2.45) is 10.9 Å². The van der Waals surface area contributed by atoms with E-state index in [-0.39, 0.29) is 23.4 Å². The van der Waals surface area contributed by atoms with Crippen LogP contribution < -0.4 is 0 Å². The lowest BCUT2D eigenvalue weighted by molar-refractivity contribution is -0.164.